The summed E-state index contributed by atoms with van der Waals surface area (Å²) in [5.74, 6) is 0.00615. The van der Waals surface area contributed by atoms with Crippen LogP contribution in [0, 0.1) is 22.7 Å². The summed E-state index contributed by atoms with van der Waals surface area (Å²) >= 11 is 6.05. The lowest BCUT2D eigenvalue weighted by atomic mass is 9.50. The van der Waals surface area contributed by atoms with Crippen molar-refractivity contribution in [3.05, 3.63) is 23.3 Å². The van der Waals surface area contributed by atoms with Crippen LogP contribution in [-0.2, 0) is 23.7 Å². The molecule has 0 aromatic carbocycles. The number of halogens is 1. The molecule has 0 N–H and O–H groups in total. The van der Waals surface area contributed by atoms with Crippen molar-refractivity contribution in [1.82, 2.24) is 0 Å². The van der Waals surface area contributed by atoms with Crippen molar-refractivity contribution in [2.45, 2.75) is 69.9 Å². The Balaban J connectivity index is 1.40. The predicted molar refractivity (Wildman–Crippen MR) is 111 cm³/mol. The van der Waals surface area contributed by atoms with Crippen LogP contribution >= 0.6 is 11.6 Å². The predicted octanol–water partition coefficient (Wildman–Crippen LogP) is 4.49. The zero-order valence-electron chi connectivity index (χ0n) is 17.7. The van der Waals surface area contributed by atoms with E-state index in [2.05, 4.69) is 19.1 Å². The smallest absolute Gasteiger partial charge is 0.222 e. The highest BCUT2D eigenvalue weighted by Crippen LogP contribution is 2.68. The minimum atomic E-state index is -0.496. The molecule has 6 aliphatic rings. The Kier molecular flexibility index (Phi) is 4.41. The fourth-order valence-corrected chi connectivity index (χ4v) is 8.14. The van der Waals surface area contributed by atoms with Crippen LogP contribution in [0.5, 0.6) is 0 Å². The molecule has 0 aromatic rings. The van der Waals surface area contributed by atoms with Gasteiger partial charge in [0.25, 0.3) is 0 Å². The highest BCUT2D eigenvalue weighted by molar-refractivity contribution is 6.63. The second-order valence-electron chi connectivity index (χ2n) is 10.3. The second-order valence-corrected chi connectivity index (χ2v) is 10.8. The molecule has 2 saturated carbocycles. The Morgan fingerprint density at radius 1 is 1.07 bits per heavy atom. The molecule has 0 unspecified atom stereocenters. The lowest BCUT2D eigenvalue weighted by molar-refractivity contribution is -0.228. The van der Waals surface area contributed by atoms with Crippen LogP contribution in [0.2, 0.25) is 0 Å². The van der Waals surface area contributed by atoms with Crippen molar-refractivity contribution in [2.24, 2.45) is 22.7 Å². The van der Waals surface area contributed by atoms with Crippen molar-refractivity contribution in [1.29, 1.82) is 0 Å². The zero-order valence-corrected chi connectivity index (χ0v) is 18.5. The Morgan fingerprint density at radius 2 is 1.80 bits per heavy atom. The topological polar surface area (TPSA) is 54.0 Å². The molecule has 6 rings (SSSR count). The fraction of sp³-hybridized carbons (Fsp3) is 0.792. The Labute approximate surface area is 183 Å². The lowest BCUT2D eigenvalue weighted by Gasteiger charge is -2.56. The molecule has 2 heterocycles. The van der Waals surface area contributed by atoms with Crippen molar-refractivity contribution in [2.75, 3.05) is 26.4 Å². The summed E-state index contributed by atoms with van der Waals surface area (Å²) in [5.41, 5.74) is 2.47. The summed E-state index contributed by atoms with van der Waals surface area (Å²) in [5, 5.41) is -0.245. The van der Waals surface area contributed by atoms with Gasteiger partial charge >= 0.3 is 0 Å². The lowest BCUT2D eigenvalue weighted by Crippen LogP contribution is -2.52. The molecule has 4 fully saturated rings. The zero-order chi connectivity index (χ0) is 20.6. The largest absolute Gasteiger partial charge is 0.347 e. The molecule has 2 spiro atoms. The molecule has 6 heteroatoms. The monoisotopic (exact) mass is 434 g/mol. The molecule has 0 bridgehead atoms. The second kappa shape index (κ2) is 6.64. The molecule has 164 valence electrons. The first-order valence-corrected chi connectivity index (χ1v) is 11.9. The molecule has 5 nitrogen and oxygen atoms in total. The molecule has 4 aliphatic carbocycles. The van der Waals surface area contributed by atoms with Gasteiger partial charge in [-0.05, 0) is 49.1 Å². The first kappa shape index (κ1) is 19.9. The van der Waals surface area contributed by atoms with Gasteiger partial charge in [-0.2, -0.15) is 0 Å². The summed E-state index contributed by atoms with van der Waals surface area (Å²) < 4.78 is 24.5. The minimum absolute atomic E-state index is 0.0112. The van der Waals surface area contributed by atoms with Crippen LogP contribution in [0.3, 0.4) is 0 Å². The maximum absolute atomic E-state index is 12.3. The third kappa shape index (κ3) is 2.53. The average molecular weight is 435 g/mol. The SMILES string of the molecule is C[C@]12CC=C3[C@@H](CC=C4CC5(CC[C@@]43CC(=O)Cl)OCCO5)[C@@H]1CCC21OCCO1. The van der Waals surface area contributed by atoms with Gasteiger partial charge in [0.15, 0.2) is 11.6 Å². The molecule has 4 atom stereocenters. The van der Waals surface area contributed by atoms with E-state index in [1.165, 1.54) is 11.1 Å². The van der Waals surface area contributed by atoms with Crippen LogP contribution in [0.25, 0.3) is 0 Å². The molecular weight excluding hydrogens is 404 g/mol. The van der Waals surface area contributed by atoms with Crippen molar-refractivity contribution >= 4 is 16.8 Å². The van der Waals surface area contributed by atoms with Crippen molar-refractivity contribution in [3.8, 4) is 0 Å². The van der Waals surface area contributed by atoms with Gasteiger partial charge in [-0.25, -0.2) is 0 Å². The van der Waals surface area contributed by atoms with Crippen LogP contribution < -0.4 is 0 Å². The van der Waals surface area contributed by atoms with Crippen molar-refractivity contribution in [3.63, 3.8) is 0 Å². The summed E-state index contributed by atoms with van der Waals surface area (Å²) in [4.78, 5) is 12.3. The van der Waals surface area contributed by atoms with Gasteiger partial charge in [-0.15, -0.1) is 0 Å². The first-order chi connectivity index (χ1) is 14.4. The number of ether oxygens (including phenoxy) is 4. The normalized spacial score (nSPS) is 43.1. The molecule has 2 saturated heterocycles. The van der Waals surface area contributed by atoms with Gasteiger partial charge in [0.2, 0.25) is 5.24 Å². The number of allylic oxidation sites excluding steroid dienone is 3. The number of rotatable bonds is 2. The van der Waals surface area contributed by atoms with E-state index in [0.717, 1.165) is 44.9 Å². The van der Waals surface area contributed by atoms with E-state index in [1.54, 1.807) is 0 Å². The number of carbonyl (C=O) groups is 1. The molecule has 0 aromatic heterocycles. The maximum atomic E-state index is 12.3. The van der Waals surface area contributed by atoms with Gasteiger partial charge in [0, 0.05) is 36.5 Å². The number of fused-ring (bicyclic) bond motifs is 6. The quantitative estimate of drug-likeness (QED) is 0.473. The standard InChI is InChI=1S/C24H31ClO5/c1-21-6-4-19-17(18(21)5-7-24(21)29-12-13-30-24)3-2-16-14-23(27-10-11-28-23)9-8-22(16,19)15-20(25)26/h2,4,17-18H,3,5-15H2,1H3/t17-,18-,21-,22+/m0/s1. The maximum Gasteiger partial charge on any atom is 0.222 e. The molecule has 30 heavy (non-hydrogen) atoms. The van der Waals surface area contributed by atoms with E-state index >= 15 is 0 Å². The highest BCUT2D eigenvalue weighted by atomic mass is 35.5. The van der Waals surface area contributed by atoms with Crippen molar-refractivity contribution < 1.29 is 23.7 Å². The Bertz CT molecular complexity index is 821. The molecule has 2 aliphatic heterocycles. The third-order valence-electron chi connectivity index (χ3n) is 9.29. The summed E-state index contributed by atoms with van der Waals surface area (Å²) in [6.45, 7) is 5.06. The average Bonchev–Trinajstić information content (AvgIpc) is 3.44. The van der Waals surface area contributed by atoms with E-state index in [9.17, 15) is 4.79 Å². The van der Waals surface area contributed by atoms with Gasteiger partial charge in [0.1, 0.15) is 0 Å². The van der Waals surface area contributed by atoms with Crippen LogP contribution in [0.15, 0.2) is 23.3 Å². The van der Waals surface area contributed by atoms with Gasteiger partial charge in [0.05, 0.1) is 26.4 Å². The minimum Gasteiger partial charge on any atom is -0.347 e. The van der Waals surface area contributed by atoms with Crippen LogP contribution in [-0.4, -0.2) is 43.2 Å². The van der Waals surface area contributed by atoms with Gasteiger partial charge < -0.3 is 18.9 Å². The fourth-order valence-electron chi connectivity index (χ4n) is 7.91. The Morgan fingerprint density at radius 3 is 2.53 bits per heavy atom. The number of hydrogen-bond acceptors (Lipinski definition) is 5. The van der Waals surface area contributed by atoms with Crippen LogP contribution in [0.4, 0.5) is 0 Å². The first-order valence-electron chi connectivity index (χ1n) is 11.6. The van der Waals surface area contributed by atoms with E-state index in [-0.39, 0.29) is 16.1 Å². The highest BCUT2D eigenvalue weighted by Gasteiger charge is 2.65. The van der Waals surface area contributed by atoms with E-state index in [4.69, 9.17) is 30.5 Å². The third-order valence-corrected chi connectivity index (χ3v) is 9.42. The van der Waals surface area contributed by atoms with Crippen LogP contribution in [0.1, 0.15) is 58.3 Å². The van der Waals surface area contributed by atoms with E-state index < -0.39 is 11.6 Å². The number of carbonyl (C=O) groups excluding carboxylic acids is 1. The van der Waals surface area contributed by atoms with E-state index in [1.807, 2.05) is 0 Å². The molecular formula is C24H31ClO5. The van der Waals surface area contributed by atoms with E-state index in [0.29, 0.717) is 44.7 Å². The molecule has 0 radical (unpaired) electrons. The summed E-state index contributed by atoms with van der Waals surface area (Å²) in [6.07, 6.45) is 11.6. The summed E-state index contributed by atoms with van der Waals surface area (Å²) in [6, 6.07) is 0. The van der Waals surface area contributed by atoms with Gasteiger partial charge in [-0.3, -0.25) is 4.79 Å². The number of hydrogen-bond donors (Lipinski definition) is 0. The Hall–Kier alpha value is -0.720. The molecule has 0 amide bonds. The summed E-state index contributed by atoms with van der Waals surface area (Å²) in [7, 11) is 0. The van der Waals surface area contributed by atoms with Gasteiger partial charge in [-0.1, -0.05) is 30.2 Å².